The van der Waals surface area contributed by atoms with Crippen LogP contribution < -0.4 is 4.74 Å². The van der Waals surface area contributed by atoms with Crippen LogP contribution in [0.15, 0.2) is 91.0 Å². The normalized spacial score (nSPS) is 12.4. The van der Waals surface area contributed by atoms with Gasteiger partial charge in [0.15, 0.2) is 0 Å². The molecule has 0 bridgehead atoms. The van der Waals surface area contributed by atoms with Gasteiger partial charge < -0.3 is 14.6 Å². The van der Waals surface area contributed by atoms with Gasteiger partial charge in [-0.15, -0.1) is 0 Å². The van der Waals surface area contributed by atoms with E-state index in [-0.39, 0.29) is 0 Å². The van der Waals surface area contributed by atoms with Crippen LogP contribution >= 0.6 is 0 Å². The quantitative estimate of drug-likeness (QED) is 0.561. The van der Waals surface area contributed by atoms with Gasteiger partial charge in [0.05, 0.1) is 6.10 Å². The Hall–Kier alpha value is -3.04. The Morgan fingerprint density at radius 2 is 1.37 bits per heavy atom. The summed E-state index contributed by atoms with van der Waals surface area (Å²) in [7, 11) is 0. The Bertz CT molecular complexity index is 838. The Morgan fingerprint density at radius 1 is 0.815 bits per heavy atom. The molecule has 3 aromatic carbocycles. The number of ether oxygens (including phenoxy) is 2. The van der Waals surface area contributed by atoms with Gasteiger partial charge in [0.2, 0.25) is 0 Å². The van der Waals surface area contributed by atoms with Crippen molar-refractivity contribution in [3.8, 4) is 5.75 Å². The third kappa shape index (κ3) is 6.01. The second kappa shape index (κ2) is 9.60. The first kappa shape index (κ1) is 18.7. The Labute approximate surface area is 160 Å². The summed E-state index contributed by atoms with van der Waals surface area (Å²) in [5.41, 5.74) is 3.11. The smallest absolute Gasteiger partial charge is 0.125 e. The summed E-state index contributed by atoms with van der Waals surface area (Å²) in [5.74, 6) is 1.45. The van der Waals surface area contributed by atoms with Crippen molar-refractivity contribution >= 4 is 5.76 Å². The molecule has 3 heteroatoms. The van der Waals surface area contributed by atoms with E-state index in [2.05, 4.69) is 0 Å². The molecule has 1 atom stereocenters. The third-order valence-electron chi connectivity index (χ3n) is 4.02. The van der Waals surface area contributed by atoms with E-state index >= 15 is 0 Å². The van der Waals surface area contributed by atoms with Crippen molar-refractivity contribution in [1.82, 2.24) is 0 Å². The van der Waals surface area contributed by atoms with Gasteiger partial charge in [-0.25, -0.2) is 0 Å². The predicted octanol–water partition coefficient (Wildman–Crippen LogP) is 5.20. The zero-order chi connectivity index (χ0) is 18.9. The molecule has 0 spiro atoms. The fraction of sp³-hybridized carbons (Fsp3) is 0.167. The third-order valence-corrected chi connectivity index (χ3v) is 4.02. The molecule has 138 valence electrons. The van der Waals surface area contributed by atoms with Crippen LogP contribution in [0.4, 0.5) is 0 Å². The van der Waals surface area contributed by atoms with Gasteiger partial charge in [0.1, 0.15) is 24.7 Å². The maximum atomic E-state index is 9.77. The molecule has 0 aliphatic carbocycles. The largest absolute Gasteiger partial charge is 0.489 e. The van der Waals surface area contributed by atoms with Crippen molar-refractivity contribution in [2.24, 2.45) is 0 Å². The molecule has 0 aliphatic rings. The average Bonchev–Trinajstić information content (AvgIpc) is 2.71. The molecule has 0 fully saturated rings. The summed E-state index contributed by atoms with van der Waals surface area (Å²) >= 11 is 0. The first-order valence-corrected chi connectivity index (χ1v) is 9.04. The van der Waals surface area contributed by atoms with Crippen LogP contribution in [-0.2, 0) is 18.0 Å². The number of benzene rings is 3. The van der Waals surface area contributed by atoms with E-state index < -0.39 is 6.10 Å². The van der Waals surface area contributed by atoms with Gasteiger partial charge in [0.25, 0.3) is 0 Å². The SMILES string of the molecule is CC(O)C=C(OCc1ccccc1)c1ccc(OCc2ccccc2)cc1. The van der Waals surface area contributed by atoms with Crippen molar-refractivity contribution in [1.29, 1.82) is 0 Å². The van der Waals surface area contributed by atoms with Gasteiger partial charge >= 0.3 is 0 Å². The fourth-order valence-electron chi connectivity index (χ4n) is 2.64. The first-order valence-electron chi connectivity index (χ1n) is 9.04. The van der Waals surface area contributed by atoms with Crippen LogP contribution in [0.25, 0.3) is 5.76 Å². The van der Waals surface area contributed by atoms with Crippen molar-refractivity contribution in [2.45, 2.75) is 26.2 Å². The van der Waals surface area contributed by atoms with Crippen LogP contribution in [0, 0.1) is 0 Å². The molecule has 3 rings (SSSR count). The minimum atomic E-state index is -0.593. The molecule has 0 radical (unpaired) electrons. The molecular weight excluding hydrogens is 336 g/mol. The molecule has 3 nitrogen and oxygen atoms in total. The Morgan fingerprint density at radius 3 is 1.93 bits per heavy atom. The molecule has 3 aromatic rings. The Kier molecular flexibility index (Phi) is 6.66. The Balaban J connectivity index is 1.65. The molecule has 0 aromatic heterocycles. The van der Waals surface area contributed by atoms with E-state index in [4.69, 9.17) is 9.47 Å². The summed E-state index contributed by atoms with van der Waals surface area (Å²) in [5, 5.41) is 9.77. The monoisotopic (exact) mass is 360 g/mol. The van der Waals surface area contributed by atoms with Crippen molar-refractivity contribution in [3.63, 3.8) is 0 Å². The lowest BCUT2D eigenvalue weighted by Gasteiger charge is -2.13. The van der Waals surface area contributed by atoms with Crippen molar-refractivity contribution in [2.75, 3.05) is 0 Å². The fourth-order valence-corrected chi connectivity index (χ4v) is 2.64. The molecule has 0 saturated carbocycles. The van der Waals surface area contributed by atoms with Crippen molar-refractivity contribution in [3.05, 3.63) is 108 Å². The lowest BCUT2D eigenvalue weighted by Crippen LogP contribution is -2.00. The number of aliphatic hydroxyl groups excluding tert-OH is 1. The second-order valence-electron chi connectivity index (χ2n) is 6.34. The molecule has 1 N–H and O–H groups in total. The minimum Gasteiger partial charge on any atom is -0.489 e. The maximum absolute atomic E-state index is 9.77. The summed E-state index contributed by atoms with van der Waals surface area (Å²) in [4.78, 5) is 0. The van der Waals surface area contributed by atoms with Crippen LogP contribution in [0.2, 0.25) is 0 Å². The molecule has 0 saturated heterocycles. The molecule has 0 aliphatic heterocycles. The van der Waals surface area contributed by atoms with Gasteiger partial charge in [-0.05, 0) is 48.4 Å². The van der Waals surface area contributed by atoms with Crippen LogP contribution in [0.1, 0.15) is 23.6 Å². The lowest BCUT2D eigenvalue weighted by atomic mass is 10.1. The summed E-state index contributed by atoms with van der Waals surface area (Å²) in [6, 6.07) is 27.8. The predicted molar refractivity (Wildman–Crippen MR) is 108 cm³/mol. The second-order valence-corrected chi connectivity index (χ2v) is 6.34. The van der Waals surface area contributed by atoms with Crippen LogP contribution in [0.3, 0.4) is 0 Å². The zero-order valence-corrected chi connectivity index (χ0v) is 15.4. The summed E-state index contributed by atoms with van der Waals surface area (Å²) in [6.07, 6.45) is 1.12. The molecule has 0 heterocycles. The zero-order valence-electron chi connectivity index (χ0n) is 15.4. The molecule has 0 amide bonds. The van der Waals surface area contributed by atoms with Crippen LogP contribution in [0.5, 0.6) is 5.75 Å². The van der Waals surface area contributed by atoms with Crippen LogP contribution in [-0.4, -0.2) is 11.2 Å². The number of hydrogen-bond acceptors (Lipinski definition) is 3. The van der Waals surface area contributed by atoms with Gasteiger partial charge in [0, 0.05) is 5.56 Å². The lowest BCUT2D eigenvalue weighted by molar-refractivity contribution is 0.228. The standard InChI is InChI=1S/C24H24O3/c1-19(25)16-24(27-18-21-10-6-3-7-11-21)22-12-14-23(15-13-22)26-17-20-8-4-2-5-9-20/h2-16,19,25H,17-18H2,1H3. The molecule has 27 heavy (non-hydrogen) atoms. The maximum Gasteiger partial charge on any atom is 0.125 e. The number of rotatable bonds is 8. The number of aliphatic hydroxyl groups is 1. The highest BCUT2D eigenvalue weighted by Gasteiger charge is 2.06. The van der Waals surface area contributed by atoms with Gasteiger partial charge in [-0.3, -0.25) is 0 Å². The highest BCUT2D eigenvalue weighted by atomic mass is 16.5. The molecular formula is C24H24O3. The summed E-state index contributed by atoms with van der Waals surface area (Å²) in [6.45, 7) is 2.69. The van der Waals surface area contributed by atoms with E-state index in [9.17, 15) is 5.11 Å². The van der Waals surface area contributed by atoms with Gasteiger partial charge in [-0.2, -0.15) is 0 Å². The number of hydrogen-bond donors (Lipinski definition) is 1. The first-order chi connectivity index (χ1) is 13.2. The van der Waals surface area contributed by atoms with E-state index in [1.165, 1.54) is 0 Å². The highest BCUT2D eigenvalue weighted by molar-refractivity contribution is 5.61. The average molecular weight is 360 g/mol. The summed E-state index contributed by atoms with van der Waals surface area (Å²) < 4.78 is 11.8. The molecule has 1 unspecified atom stereocenters. The van der Waals surface area contributed by atoms with Gasteiger partial charge in [-0.1, -0.05) is 60.7 Å². The van der Waals surface area contributed by atoms with E-state index in [1.54, 1.807) is 13.0 Å². The minimum absolute atomic E-state index is 0.450. The topological polar surface area (TPSA) is 38.7 Å². The van der Waals surface area contributed by atoms with E-state index in [0.29, 0.717) is 19.0 Å². The van der Waals surface area contributed by atoms with E-state index in [0.717, 1.165) is 22.4 Å². The van der Waals surface area contributed by atoms with E-state index in [1.807, 2.05) is 84.9 Å². The van der Waals surface area contributed by atoms with Crippen molar-refractivity contribution < 1.29 is 14.6 Å². The highest BCUT2D eigenvalue weighted by Crippen LogP contribution is 2.22.